The van der Waals surface area contributed by atoms with Crippen LogP contribution in [0.4, 0.5) is 5.69 Å². The molecule has 1 aromatic carbocycles. The summed E-state index contributed by atoms with van der Waals surface area (Å²) in [6.45, 7) is 7.36. The Balaban J connectivity index is 2.01. The molecular formula is C14H19Br2N3O. The topological polar surface area (TPSA) is 44.4 Å². The standard InChI is InChI=1S/C14H19Br2N3O/c1-9-5-11(15)14(12(16)6-9)18-13(20)8-19-4-3-17-7-10(19)2/h5-6,10,17H,3-4,7-8H2,1-2H3,(H,18,20)/t10-/m1/s1. The maximum Gasteiger partial charge on any atom is 0.238 e. The van der Waals surface area contributed by atoms with Gasteiger partial charge in [0.2, 0.25) is 5.91 Å². The van der Waals surface area contributed by atoms with Crippen LogP contribution in [0.2, 0.25) is 0 Å². The number of carbonyl (C=O) groups is 1. The smallest absolute Gasteiger partial charge is 0.238 e. The second-order valence-electron chi connectivity index (χ2n) is 5.18. The summed E-state index contributed by atoms with van der Waals surface area (Å²) in [5.41, 5.74) is 1.93. The van der Waals surface area contributed by atoms with Gasteiger partial charge in [0.15, 0.2) is 0 Å². The highest BCUT2D eigenvalue weighted by molar-refractivity contribution is 9.11. The van der Waals surface area contributed by atoms with Gasteiger partial charge in [-0.05, 0) is 63.4 Å². The first-order valence-corrected chi connectivity index (χ1v) is 8.26. The van der Waals surface area contributed by atoms with Crippen LogP contribution in [0.3, 0.4) is 0 Å². The van der Waals surface area contributed by atoms with Gasteiger partial charge in [-0.25, -0.2) is 0 Å². The zero-order valence-electron chi connectivity index (χ0n) is 11.7. The Morgan fingerprint density at radius 1 is 1.45 bits per heavy atom. The first-order chi connectivity index (χ1) is 9.47. The molecule has 1 amide bonds. The van der Waals surface area contributed by atoms with Gasteiger partial charge in [-0.3, -0.25) is 9.69 Å². The van der Waals surface area contributed by atoms with Crippen LogP contribution in [0.5, 0.6) is 0 Å². The summed E-state index contributed by atoms with van der Waals surface area (Å²) >= 11 is 6.99. The van der Waals surface area contributed by atoms with Gasteiger partial charge in [0, 0.05) is 34.6 Å². The molecule has 4 nitrogen and oxygen atoms in total. The molecule has 0 spiro atoms. The van der Waals surface area contributed by atoms with Crippen molar-refractivity contribution in [1.29, 1.82) is 0 Å². The highest BCUT2D eigenvalue weighted by Gasteiger charge is 2.21. The minimum absolute atomic E-state index is 0.0176. The molecule has 2 N–H and O–H groups in total. The molecule has 0 saturated carbocycles. The molecule has 6 heteroatoms. The molecule has 1 aromatic rings. The summed E-state index contributed by atoms with van der Waals surface area (Å²) in [5.74, 6) is 0.0176. The van der Waals surface area contributed by atoms with E-state index in [1.807, 2.05) is 19.1 Å². The predicted molar refractivity (Wildman–Crippen MR) is 89.1 cm³/mol. The van der Waals surface area contributed by atoms with Crippen molar-refractivity contribution in [2.45, 2.75) is 19.9 Å². The van der Waals surface area contributed by atoms with Crippen LogP contribution in [0.1, 0.15) is 12.5 Å². The third kappa shape index (κ3) is 4.04. The van der Waals surface area contributed by atoms with Crippen molar-refractivity contribution in [3.8, 4) is 0 Å². The van der Waals surface area contributed by atoms with E-state index in [2.05, 4.69) is 54.3 Å². The minimum atomic E-state index is 0.0176. The molecule has 1 heterocycles. The van der Waals surface area contributed by atoms with Crippen molar-refractivity contribution in [1.82, 2.24) is 10.2 Å². The van der Waals surface area contributed by atoms with Crippen molar-refractivity contribution in [2.24, 2.45) is 0 Å². The van der Waals surface area contributed by atoms with E-state index in [1.54, 1.807) is 0 Å². The number of rotatable bonds is 3. The molecule has 0 aliphatic carbocycles. The molecule has 0 aromatic heterocycles. The number of nitrogens with zero attached hydrogens (tertiary/aromatic N) is 1. The lowest BCUT2D eigenvalue weighted by Crippen LogP contribution is -2.52. The van der Waals surface area contributed by atoms with Crippen molar-refractivity contribution in [3.05, 3.63) is 26.6 Å². The van der Waals surface area contributed by atoms with Gasteiger partial charge in [-0.15, -0.1) is 0 Å². The number of hydrogen-bond donors (Lipinski definition) is 2. The second-order valence-corrected chi connectivity index (χ2v) is 6.88. The second kappa shape index (κ2) is 7.02. The van der Waals surface area contributed by atoms with Crippen LogP contribution >= 0.6 is 31.9 Å². The van der Waals surface area contributed by atoms with Crippen LogP contribution in [0, 0.1) is 6.92 Å². The Hall–Kier alpha value is -0.430. The average Bonchev–Trinajstić information content (AvgIpc) is 2.36. The largest absolute Gasteiger partial charge is 0.323 e. The minimum Gasteiger partial charge on any atom is -0.323 e. The Bertz CT molecular complexity index is 484. The average molecular weight is 405 g/mol. The van der Waals surface area contributed by atoms with Crippen LogP contribution < -0.4 is 10.6 Å². The normalized spacial score (nSPS) is 19.9. The molecule has 1 aliphatic heterocycles. The van der Waals surface area contributed by atoms with Crippen LogP contribution in [-0.4, -0.2) is 43.0 Å². The molecule has 2 rings (SSSR count). The van der Waals surface area contributed by atoms with E-state index in [0.29, 0.717) is 12.6 Å². The predicted octanol–water partition coefficient (Wildman–Crippen LogP) is 2.75. The molecule has 1 saturated heterocycles. The fourth-order valence-electron chi connectivity index (χ4n) is 2.30. The van der Waals surface area contributed by atoms with Gasteiger partial charge >= 0.3 is 0 Å². The fraction of sp³-hybridized carbons (Fsp3) is 0.500. The Morgan fingerprint density at radius 3 is 2.70 bits per heavy atom. The van der Waals surface area contributed by atoms with Crippen molar-refractivity contribution in [2.75, 3.05) is 31.5 Å². The van der Waals surface area contributed by atoms with Crippen LogP contribution in [-0.2, 0) is 4.79 Å². The van der Waals surface area contributed by atoms with E-state index in [0.717, 1.165) is 39.8 Å². The molecule has 1 fully saturated rings. The van der Waals surface area contributed by atoms with Gasteiger partial charge < -0.3 is 10.6 Å². The number of piperazine rings is 1. The third-order valence-electron chi connectivity index (χ3n) is 3.44. The SMILES string of the molecule is Cc1cc(Br)c(NC(=O)CN2CCNC[C@H]2C)c(Br)c1. The molecule has 1 atom stereocenters. The molecule has 0 radical (unpaired) electrons. The molecule has 0 bridgehead atoms. The Morgan fingerprint density at radius 2 is 2.10 bits per heavy atom. The summed E-state index contributed by atoms with van der Waals surface area (Å²) in [5, 5.41) is 6.30. The summed E-state index contributed by atoms with van der Waals surface area (Å²) < 4.78 is 1.79. The van der Waals surface area contributed by atoms with Gasteiger partial charge in [0.25, 0.3) is 0 Å². The van der Waals surface area contributed by atoms with Crippen molar-refractivity contribution >= 4 is 43.5 Å². The monoisotopic (exact) mass is 403 g/mol. The summed E-state index contributed by atoms with van der Waals surface area (Å²) in [6, 6.07) is 4.38. The van der Waals surface area contributed by atoms with Gasteiger partial charge in [-0.1, -0.05) is 0 Å². The molecule has 1 aliphatic rings. The van der Waals surface area contributed by atoms with Crippen molar-refractivity contribution < 1.29 is 4.79 Å². The zero-order chi connectivity index (χ0) is 14.7. The number of aryl methyl sites for hydroxylation is 1. The Labute approximate surface area is 136 Å². The number of carbonyl (C=O) groups excluding carboxylic acids is 1. The zero-order valence-corrected chi connectivity index (χ0v) is 14.8. The van der Waals surface area contributed by atoms with Crippen molar-refractivity contribution in [3.63, 3.8) is 0 Å². The summed E-state index contributed by atoms with van der Waals surface area (Å²) in [7, 11) is 0. The van der Waals surface area contributed by atoms with Gasteiger partial charge in [0.1, 0.15) is 0 Å². The Kier molecular flexibility index (Phi) is 5.60. The number of nitrogens with one attached hydrogen (secondary N) is 2. The molecule has 20 heavy (non-hydrogen) atoms. The lowest BCUT2D eigenvalue weighted by atomic mass is 10.2. The summed E-state index contributed by atoms with van der Waals surface area (Å²) in [6.07, 6.45) is 0. The number of anilines is 1. The van der Waals surface area contributed by atoms with E-state index in [9.17, 15) is 4.79 Å². The van der Waals surface area contributed by atoms with E-state index in [-0.39, 0.29) is 5.91 Å². The van der Waals surface area contributed by atoms with Crippen LogP contribution in [0.25, 0.3) is 0 Å². The lowest BCUT2D eigenvalue weighted by Gasteiger charge is -2.33. The van der Waals surface area contributed by atoms with Gasteiger partial charge in [-0.2, -0.15) is 0 Å². The lowest BCUT2D eigenvalue weighted by molar-refractivity contribution is -0.118. The third-order valence-corrected chi connectivity index (χ3v) is 4.69. The van der Waals surface area contributed by atoms with Gasteiger partial charge in [0.05, 0.1) is 12.2 Å². The first kappa shape index (κ1) is 15.9. The molecule has 0 unspecified atom stereocenters. The fourth-order valence-corrected chi connectivity index (χ4v) is 3.91. The van der Waals surface area contributed by atoms with E-state index in [4.69, 9.17) is 0 Å². The van der Waals surface area contributed by atoms with E-state index in [1.165, 1.54) is 0 Å². The number of benzene rings is 1. The highest BCUT2D eigenvalue weighted by atomic mass is 79.9. The maximum absolute atomic E-state index is 12.2. The first-order valence-electron chi connectivity index (χ1n) is 6.67. The highest BCUT2D eigenvalue weighted by Crippen LogP contribution is 2.32. The van der Waals surface area contributed by atoms with Crippen LogP contribution in [0.15, 0.2) is 21.1 Å². The van der Waals surface area contributed by atoms with E-state index < -0.39 is 0 Å². The molecular weight excluding hydrogens is 386 g/mol. The molecule has 110 valence electrons. The summed E-state index contributed by atoms with van der Waals surface area (Å²) in [4.78, 5) is 14.4. The number of hydrogen-bond acceptors (Lipinski definition) is 3. The maximum atomic E-state index is 12.2. The number of halogens is 2. The number of amides is 1. The quantitative estimate of drug-likeness (QED) is 0.813. The van der Waals surface area contributed by atoms with E-state index >= 15 is 0 Å².